The van der Waals surface area contributed by atoms with Crippen LogP contribution >= 0.6 is 24.0 Å². The quantitative estimate of drug-likeness (QED) is 0.161. The second-order valence-corrected chi connectivity index (χ2v) is 10.2. The predicted molar refractivity (Wildman–Crippen MR) is 148 cm³/mol. The first-order valence-corrected chi connectivity index (χ1v) is 13.4. The van der Waals surface area contributed by atoms with E-state index in [0.717, 1.165) is 64.5 Å². The number of nitrogens with one attached hydrogen (secondary N) is 2. The van der Waals surface area contributed by atoms with Crippen LogP contribution in [0.3, 0.4) is 0 Å². The van der Waals surface area contributed by atoms with Crippen molar-refractivity contribution in [2.75, 3.05) is 52.4 Å². The average Bonchev–Trinajstić information content (AvgIpc) is 2.83. The van der Waals surface area contributed by atoms with Crippen molar-refractivity contribution in [1.29, 1.82) is 0 Å². The van der Waals surface area contributed by atoms with Crippen molar-refractivity contribution in [3.05, 3.63) is 0 Å². The number of hydrogen-bond acceptors (Lipinski definition) is 4. The van der Waals surface area contributed by atoms with E-state index in [-0.39, 0.29) is 41.3 Å². The van der Waals surface area contributed by atoms with Crippen LogP contribution in [-0.4, -0.2) is 79.6 Å². The van der Waals surface area contributed by atoms with Crippen molar-refractivity contribution in [3.8, 4) is 0 Å². The Morgan fingerprint density at radius 2 is 1.64 bits per heavy atom. The van der Waals surface area contributed by atoms with Crippen LogP contribution in [0.4, 0.5) is 0 Å². The molecule has 3 aliphatic rings. The van der Waals surface area contributed by atoms with E-state index in [1.54, 1.807) is 0 Å². The first-order valence-electron chi connectivity index (χ1n) is 13.4. The largest absolute Gasteiger partial charge is 0.369 e. The summed E-state index contributed by atoms with van der Waals surface area (Å²) in [4.78, 5) is 21.7. The van der Waals surface area contributed by atoms with Crippen molar-refractivity contribution in [3.63, 3.8) is 0 Å². The van der Waals surface area contributed by atoms with Gasteiger partial charge in [0.1, 0.15) is 0 Å². The number of hydrogen-bond donors (Lipinski definition) is 3. The normalized spacial score (nSPS) is 23.0. The van der Waals surface area contributed by atoms with Gasteiger partial charge in [0, 0.05) is 24.5 Å². The van der Waals surface area contributed by atoms with Gasteiger partial charge in [0.25, 0.3) is 0 Å². The number of nitrogens with two attached hydrogens (primary N) is 1. The van der Waals surface area contributed by atoms with Crippen LogP contribution in [0.2, 0.25) is 0 Å². The summed E-state index contributed by atoms with van der Waals surface area (Å²) >= 11 is 0. The Bertz CT molecular complexity index is 581. The number of carbonyl (C=O) groups excluding carboxylic acids is 1. The third kappa shape index (κ3) is 9.17. The molecule has 192 valence electrons. The van der Waals surface area contributed by atoms with Gasteiger partial charge in [-0.05, 0) is 91.0 Å². The number of unbranched alkanes of at least 4 members (excludes halogenated alkanes) is 1. The Morgan fingerprint density at radius 1 is 0.970 bits per heavy atom. The molecule has 0 radical (unpaired) electrons. The number of piperidine rings is 2. The van der Waals surface area contributed by atoms with Crippen LogP contribution in [0, 0.1) is 5.92 Å². The lowest BCUT2D eigenvalue weighted by Crippen LogP contribution is -2.54. The van der Waals surface area contributed by atoms with Gasteiger partial charge in [-0.15, -0.1) is 24.0 Å². The highest BCUT2D eigenvalue weighted by molar-refractivity contribution is 14.0. The molecule has 0 aromatic carbocycles. The molecule has 2 aliphatic heterocycles. The number of nitrogens with zero attached hydrogens (tertiary/aromatic N) is 3. The van der Waals surface area contributed by atoms with Crippen LogP contribution in [0.25, 0.3) is 0 Å². The fraction of sp³-hybridized carbons (Fsp3) is 0.920. The van der Waals surface area contributed by atoms with Crippen molar-refractivity contribution in [2.45, 2.75) is 89.5 Å². The fourth-order valence-corrected chi connectivity index (χ4v) is 5.83. The lowest BCUT2D eigenvalue weighted by Gasteiger charge is -2.47. The predicted octanol–water partition coefficient (Wildman–Crippen LogP) is 3.33. The van der Waals surface area contributed by atoms with Gasteiger partial charge in [-0.2, -0.15) is 0 Å². The number of guanidine groups is 1. The molecule has 0 aromatic heterocycles. The van der Waals surface area contributed by atoms with E-state index in [0.29, 0.717) is 0 Å². The molecule has 0 spiro atoms. The highest BCUT2D eigenvalue weighted by Gasteiger charge is 2.38. The van der Waals surface area contributed by atoms with Crippen LogP contribution in [-0.2, 0) is 4.79 Å². The highest BCUT2D eigenvalue weighted by atomic mass is 127. The van der Waals surface area contributed by atoms with E-state index >= 15 is 0 Å². The summed E-state index contributed by atoms with van der Waals surface area (Å²) in [5.74, 6) is 0.945. The summed E-state index contributed by atoms with van der Waals surface area (Å²) in [7, 11) is 0. The fourth-order valence-electron chi connectivity index (χ4n) is 5.83. The number of primary amides is 1. The molecule has 3 fully saturated rings. The molecule has 1 aliphatic carbocycles. The maximum Gasteiger partial charge on any atom is 0.220 e. The zero-order valence-corrected chi connectivity index (χ0v) is 23.3. The van der Waals surface area contributed by atoms with E-state index in [1.807, 2.05) is 0 Å². The molecule has 2 heterocycles. The zero-order valence-electron chi connectivity index (χ0n) is 21.0. The van der Waals surface area contributed by atoms with Crippen molar-refractivity contribution >= 4 is 35.8 Å². The van der Waals surface area contributed by atoms with E-state index < -0.39 is 0 Å². The summed E-state index contributed by atoms with van der Waals surface area (Å²) in [6.07, 6.45) is 15.0. The maximum atomic E-state index is 11.3. The Balaban J connectivity index is 0.00000385. The Labute approximate surface area is 219 Å². The Kier molecular flexibility index (Phi) is 13.4. The van der Waals surface area contributed by atoms with Crippen molar-refractivity contribution < 1.29 is 4.79 Å². The number of halogens is 1. The number of amides is 1. The monoisotopic (exact) mass is 576 g/mol. The van der Waals surface area contributed by atoms with Gasteiger partial charge in [0.05, 0.1) is 6.54 Å². The number of likely N-dealkylation sites (tertiary alicyclic amines) is 2. The molecule has 1 saturated carbocycles. The number of carbonyl (C=O) groups is 1. The third-order valence-corrected chi connectivity index (χ3v) is 7.87. The SMILES string of the molecule is CCNC(=NCC1(N2CCCCC2)CCCCC1)NCCCCN1CCC(C(N)=O)CC1.I. The molecule has 2 saturated heterocycles. The molecule has 0 bridgehead atoms. The molecular weight excluding hydrogens is 527 g/mol. The van der Waals surface area contributed by atoms with Gasteiger partial charge in [0.15, 0.2) is 5.96 Å². The van der Waals surface area contributed by atoms with Gasteiger partial charge < -0.3 is 21.3 Å². The van der Waals surface area contributed by atoms with E-state index in [4.69, 9.17) is 10.7 Å². The van der Waals surface area contributed by atoms with E-state index in [9.17, 15) is 4.79 Å². The molecule has 33 heavy (non-hydrogen) atoms. The van der Waals surface area contributed by atoms with Gasteiger partial charge >= 0.3 is 0 Å². The first-order chi connectivity index (χ1) is 15.6. The molecule has 1 amide bonds. The number of aliphatic imine (C=N–C) groups is 1. The summed E-state index contributed by atoms with van der Waals surface area (Å²) in [6.45, 7) is 10.6. The molecular formula is C25H49IN6O. The lowest BCUT2D eigenvalue weighted by molar-refractivity contribution is -0.123. The summed E-state index contributed by atoms with van der Waals surface area (Å²) < 4.78 is 0. The zero-order chi connectivity index (χ0) is 22.7. The Morgan fingerprint density at radius 3 is 2.27 bits per heavy atom. The number of rotatable bonds is 10. The van der Waals surface area contributed by atoms with Gasteiger partial charge in [0.2, 0.25) is 5.91 Å². The van der Waals surface area contributed by atoms with E-state index in [1.165, 1.54) is 70.9 Å². The minimum atomic E-state index is -0.126. The topological polar surface area (TPSA) is 86.0 Å². The highest BCUT2D eigenvalue weighted by Crippen LogP contribution is 2.35. The molecule has 4 N–H and O–H groups in total. The van der Waals surface area contributed by atoms with Crippen LogP contribution in [0.1, 0.15) is 84.0 Å². The minimum Gasteiger partial charge on any atom is -0.369 e. The van der Waals surface area contributed by atoms with Crippen LogP contribution in [0.5, 0.6) is 0 Å². The molecule has 3 rings (SSSR count). The van der Waals surface area contributed by atoms with Crippen LogP contribution < -0.4 is 16.4 Å². The second-order valence-electron chi connectivity index (χ2n) is 10.2. The lowest BCUT2D eigenvalue weighted by atomic mass is 9.79. The summed E-state index contributed by atoms with van der Waals surface area (Å²) in [6, 6.07) is 0. The molecule has 0 atom stereocenters. The first kappa shape index (κ1) is 28.6. The summed E-state index contributed by atoms with van der Waals surface area (Å²) in [5.41, 5.74) is 5.73. The summed E-state index contributed by atoms with van der Waals surface area (Å²) in [5, 5.41) is 7.05. The smallest absolute Gasteiger partial charge is 0.220 e. The maximum absolute atomic E-state index is 11.3. The molecule has 0 unspecified atom stereocenters. The molecule has 0 aromatic rings. The van der Waals surface area contributed by atoms with Crippen LogP contribution in [0.15, 0.2) is 4.99 Å². The molecule has 7 nitrogen and oxygen atoms in total. The molecule has 8 heteroatoms. The van der Waals surface area contributed by atoms with Crippen molar-refractivity contribution in [2.24, 2.45) is 16.6 Å². The standard InChI is InChI=1S/C25H48N6O.HI/c1-2-27-24(28-15-7-10-16-30-19-11-22(12-20-30)23(26)32)29-21-25(13-5-3-6-14-25)31-17-8-4-9-18-31;/h22H,2-21H2,1H3,(H2,26,32)(H2,27,28,29);1H. The van der Waals surface area contributed by atoms with E-state index in [2.05, 4.69) is 27.4 Å². The van der Waals surface area contributed by atoms with Gasteiger partial charge in [-0.3, -0.25) is 14.7 Å². The second kappa shape index (κ2) is 15.4. The average molecular weight is 577 g/mol. The van der Waals surface area contributed by atoms with Gasteiger partial charge in [-0.1, -0.05) is 25.7 Å². The third-order valence-electron chi connectivity index (χ3n) is 7.87. The van der Waals surface area contributed by atoms with Gasteiger partial charge in [-0.25, -0.2) is 0 Å². The Hall–Kier alpha value is -0.610. The van der Waals surface area contributed by atoms with Crippen molar-refractivity contribution in [1.82, 2.24) is 20.4 Å². The minimum absolute atomic E-state index is 0.